The molecule has 0 saturated carbocycles. The molecule has 0 aliphatic rings. The van der Waals surface area contributed by atoms with E-state index < -0.39 is 0 Å². The third-order valence-electron chi connectivity index (χ3n) is 3.90. The van der Waals surface area contributed by atoms with Gasteiger partial charge in [-0.3, -0.25) is 4.99 Å². The van der Waals surface area contributed by atoms with Crippen molar-refractivity contribution in [2.45, 2.75) is 40.2 Å². The molecule has 0 unspecified atom stereocenters. The van der Waals surface area contributed by atoms with Crippen LogP contribution in [0.15, 0.2) is 29.3 Å². The van der Waals surface area contributed by atoms with Crippen LogP contribution in [0.5, 0.6) is 5.75 Å². The third kappa shape index (κ3) is 6.75. The fourth-order valence-electron chi connectivity index (χ4n) is 2.41. The van der Waals surface area contributed by atoms with E-state index in [1.165, 1.54) is 10.4 Å². The largest absolute Gasteiger partial charge is 0.491 e. The first-order valence-corrected chi connectivity index (χ1v) is 9.42. The molecule has 0 aliphatic carbocycles. The molecular weight excluding hydrogens is 459 g/mol. The Balaban J connectivity index is 0.00000338. The Kier molecular flexibility index (Phi) is 9.93. The van der Waals surface area contributed by atoms with E-state index in [2.05, 4.69) is 47.4 Å². The van der Waals surface area contributed by atoms with Gasteiger partial charge in [-0.25, -0.2) is 4.98 Å². The van der Waals surface area contributed by atoms with E-state index in [4.69, 9.17) is 4.74 Å². The molecule has 2 aromatic rings. The lowest BCUT2D eigenvalue weighted by molar-refractivity contribution is 0.317. The number of aryl methyl sites for hydroxylation is 2. The van der Waals surface area contributed by atoms with E-state index in [0.717, 1.165) is 22.4 Å². The molecule has 0 fully saturated rings. The van der Waals surface area contributed by atoms with E-state index >= 15 is 0 Å². The van der Waals surface area contributed by atoms with Crippen molar-refractivity contribution in [2.24, 2.45) is 4.99 Å². The summed E-state index contributed by atoms with van der Waals surface area (Å²) in [5.41, 5.74) is 2.33. The number of aliphatic imine (C=N–C) groups is 1. The zero-order valence-corrected chi connectivity index (χ0v) is 19.3. The van der Waals surface area contributed by atoms with Crippen molar-refractivity contribution in [2.75, 3.05) is 20.2 Å². The summed E-state index contributed by atoms with van der Waals surface area (Å²) in [5, 5.41) is 7.63. The van der Waals surface area contributed by atoms with Crippen LogP contribution in [-0.2, 0) is 6.54 Å². The van der Waals surface area contributed by atoms with Crippen LogP contribution in [0, 0.1) is 13.8 Å². The molecule has 0 aliphatic heterocycles. The van der Waals surface area contributed by atoms with Crippen LogP contribution in [0.25, 0.3) is 0 Å². The van der Waals surface area contributed by atoms with Gasteiger partial charge in [0.2, 0.25) is 0 Å². The van der Waals surface area contributed by atoms with Crippen LogP contribution >= 0.6 is 35.3 Å². The minimum absolute atomic E-state index is 0. The van der Waals surface area contributed by atoms with Gasteiger partial charge in [0.15, 0.2) is 5.96 Å². The monoisotopic (exact) mass is 488 g/mol. The Morgan fingerprint density at radius 1 is 1.23 bits per heavy atom. The first-order valence-electron chi connectivity index (χ1n) is 8.60. The standard InChI is InChI=1S/C19H28N4OS.HI/c1-13(2)16-8-6-7-9-17(16)24-11-10-21-19(20-5)22-12-18-23-14(3)15(4)25-18;/h6-9,13H,10-12H2,1-5H3,(H2,20,21,22);1H. The van der Waals surface area contributed by atoms with Gasteiger partial charge in [0.25, 0.3) is 0 Å². The molecular formula is C19H29IN4OS. The van der Waals surface area contributed by atoms with Crippen molar-refractivity contribution >= 4 is 41.3 Å². The van der Waals surface area contributed by atoms with Gasteiger partial charge in [-0.15, -0.1) is 35.3 Å². The van der Waals surface area contributed by atoms with Gasteiger partial charge in [0, 0.05) is 11.9 Å². The highest BCUT2D eigenvalue weighted by atomic mass is 127. The molecule has 0 spiro atoms. The topological polar surface area (TPSA) is 58.5 Å². The summed E-state index contributed by atoms with van der Waals surface area (Å²) in [6.45, 7) is 10.4. The number of nitrogens with one attached hydrogen (secondary N) is 2. The number of thiazole rings is 1. The Labute approximate surface area is 177 Å². The van der Waals surface area contributed by atoms with Crippen molar-refractivity contribution < 1.29 is 4.74 Å². The van der Waals surface area contributed by atoms with Gasteiger partial charge in [0.1, 0.15) is 17.4 Å². The number of ether oxygens (including phenoxy) is 1. The predicted molar refractivity (Wildman–Crippen MR) is 121 cm³/mol. The number of hydrogen-bond acceptors (Lipinski definition) is 4. The highest BCUT2D eigenvalue weighted by molar-refractivity contribution is 14.0. The minimum atomic E-state index is 0. The van der Waals surface area contributed by atoms with Crippen LogP contribution in [0.1, 0.15) is 40.9 Å². The normalized spacial score (nSPS) is 11.2. The molecule has 2 N–H and O–H groups in total. The van der Waals surface area contributed by atoms with Crippen molar-refractivity contribution in [3.8, 4) is 5.75 Å². The zero-order chi connectivity index (χ0) is 18.2. The van der Waals surface area contributed by atoms with E-state index in [0.29, 0.717) is 25.6 Å². The summed E-state index contributed by atoms with van der Waals surface area (Å²) in [6, 6.07) is 8.20. The summed E-state index contributed by atoms with van der Waals surface area (Å²) in [6.07, 6.45) is 0. The quantitative estimate of drug-likeness (QED) is 0.265. The lowest BCUT2D eigenvalue weighted by Crippen LogP contribution is -2.38. The predicted octanol–water partition coefficient (Wildman–Crippen LogP) is 4.25. The lowest BCUT2D eigenvalue weighted by atomic mass is 10.0. The maximum absolute atomic E-state index is 5.92. The number of hydrogen-bond donors (Lipinski definition) is 2. The molecule has 0 amide bonds. The highest BCUT2D eigenvalue weighted by Crippen LogP contribution is 2.25. The van der Waals surface area contributed by atoms with E-state index in [1.54, 1.807) is 18.4 Å². The van der Waals surface area contributed by atoms with Crippen molar-refractivity contribution in [3.05, 3.63) is 45.4 Å². The van der Waals surface area contributed by atoms with Crippen molar-refractivity contribution in [3.63, 3.8) is 0 Å². The van der Waals surface area contributed by atoms with Gasteiger partial charge in [0.05, 0.1) is 18.8 Å². The smallest absolute Gasteiger partial charge is 0.191 e. The summed E-state index contributed by atoms with van der Waals surface area (Å²) in [5.74, 6) is 2.16. The number of aromatic nitrogens is 1. The van der Waals surface area contributed by atoms with E-state index in [1.807, 2.05) is 25.1 Å². The molecule has 7 heteroatoms. The van der Waals surface area contributed by atoms with Gasteiger partial charge in [-0.05, 0) is 31.4 Å². The minimum Gasteiger partial charge on any atom is -0.491 e. The van der Waals surface area contributed by atoms with Crippen LogP contribution in [0.2, 0.25) is 0 Å². The first kappa shape index (κ1) is 22.7. The number of rotatable bonds is 7. The lowest BCUT2D eigenvalue weighted by Gasteiger charge is -2.15. The van der Waals surface area contributed by atoms with Crippen LogP contribution in [-0.4, -0.2) is 31.1 Å². The maximum Gasteiger partial charge on any atom is 0.191 e. The average molecular weight is 488 g/mol. The average Bonchev–Trinajstić information content (AvgIpc) is 2.92. The highest BCUT2D eigenvalue weighted by Gasteiger charge is 2.07. The number of benzene rings is 1. The molecule has 144 valence electrons. The second kappa shape index (κ2) is 11.4. The first-order chi connectivity index (χ1) is 12.0. The van der Waals surface area contributed by atoms with E-state index in [-0.39, 0.29) is 24.0 Å². The van der Waals surface area contributed by atoms with Crippen LogP contribution < -0.4 is 15.4 Å². The third-order valence-corrected chi connectivity index (χ3v) is 4.97. The molecule has 0 saturated heterocycles. The molecule has 1 aromatic heterocycles. The zero-order valence-electron chi connectivity index (χ0n) is 16.1. The Morgan fingerprint density at radius 2 is 1.96 bits per heavy atom. The van der Waals surface area contributed by atoms with Crippen LogP contribution in [0.4, 0.5) is 0 Å². The summed E-state index contributed by atoms with van der Waals surface area (Å²) in [7, 11) is 1.77. The molecule has 1 aromatic carbocycles. The molecule has 5 nitrogen and oxygen atoms in total. The maximum atomic E-state index is 5.92. The van der Waals surface area contributed by atoms with Crippen molar-refractivity contribution in [1.29, 1.82) is 0 Å². The van der Waals surface area contributed by atoms with Gasteiger partial charge in [-0.2, -0.15) is 0 Å². The number of para-hydroxylation sites is 1. The summed E-state index contributed by atoms with van der Waals surface area (Å²) < 4.78 is 5.92. The second-order valence-electron chi connectivity index (χ2n) is 6.14. The second-order valence-corrected chi connectivity index (χ2v) is 7.43. The molecule has 1 heterocycles. The summed E-state index contributed by atoms with van der Waals surface area (Å²) >= 11 is 1.72. The SMILES string of the molecule is CN=C(NCCOc1ccccc1C(C)C)NCc1nc(C)c(C)s1.I. The van der Waals surface area contributed by atoms with Gasteiger partial charge in [-0.1, -0.05) is 32.0 Å². The Morgan fingerprint density at radius 3 is 2.58 bits per heavy atom. The molecule has 0 atom stereocenters. The molecule has 0 bridgehead atoms. The molecule has 2 rings (SSSR count). The molecule has 0 radical (unpaired) electrons. The Bertz CT molecular complexity index is 696. The van der Waals surface area contributed by atoms with Gasteiger partial charge >= 0.3 is 0 Å². The Hall–Kier alpha value is -1.35. The molecule has 26 heavy (non-hydrogen) atoms. The fraction of sp³-hybridized carbons (Fsp3) is 0.474. The van der Waals surface area contributed by atoms with Crippen molar-refractivity contribution in [1.82, 2.24) is 15.6 Å². The number of halogens is 1. The summed E-state index contributed by atoms with van der Waals surface area (Å²) in [4.78, 5) is 10.0. The number of guanidine groups is 1. The number of nitrogens with zero attached hydrogens (tertiary/aromatic N) is 2. The fourth-order valence-corrected chi connectivity index (χ4v) is 3.29. The van der Waals surface area contributed by atoms with Gasteiger partial charge < -0.3 is 15.4 Å². The van der Waals surface area contributed by atoms with E-state index in [9.17, 15) is 0 Å². The van der Waals surface area contributed by atoms with Crippen LogP contribution in [0.3, 0.4) is 0 Å².